The summed E-state index contributed by atoms with van der Waals surface area (Å²) in [5, 5.41) is 2.72. The van der Waals surface area contributed by atoms with Crippen LogP contribution in [0.2, 0.25) is 0 Å². The van der Waals surface area contributed by atoms with E-state index in [0.717, 1.165) is 5.56 Å². The van der Waals surface area contributed by atoms with Crippen molar-refractivity contribution >= 4 is 28.8 Å². The van der Waals surface area contributed by atoms with E-state index in [0.29, 0.717) is 5.69 Å². The number of anilines is 1. The second-order valence-electron chi connectivity index (χ2n) is 4.26. The van der Waals surface area contributed by atoms with Gasteiger partial charge in [-0.1, -0.05) is 30.3 Å². The standard InChI is InChI=1S/C15H13FN2OS/c16-11-6-7-13(18-15(17)20)12(9-11)14(19)8-10-4-2-1-3-5-10/h1-7,9H,8H2,(H3,17,18,20). The van der Waals surface area contributed by atoms with Crippen molar-refractivity contribution in [3.05, 3.63) is 65.5 Å². The Balaban J connectivity index is 2.28. The van der Waals surface area contributed by atoms with Gasteiger partial charge >= 0.3 is 0 Å². The van der Waals surface area contributed by atoms with Crippen LogP contribution in [-0.4, -0.2) is 10.9 Å². The molecule has 0 bridgehead atoms. The molecule has 3 nitrogen and oxygen atoms in total. The maximum Gasteiger partial charge on any atom is 0.169 e. The summed E-state index contributed by atoms with van der Waals surface area (Å²) in [6.45, 7) is 0. The van der Waals surface area contributed by atoms with E-state index in [1.165, 1.54) is 18.2 Å². The van der Waals surface area contributed by atoms with Crippen molar-refractivity contribution < 1.29 is 9.18 Å². The summed E-state index contributed by atoms with van der Waals surface area (Å²) in [6.07, 6.45) is 0.191. The van der Waals surface area contributed by atoms with Crippen LogP contribution >= 0.6 is 12.2 Å². The van der Waals surface area contributed by atoms with Crippen molar-refractivity contribution in [3.63, 3.8) is 0 Å². The molecule has 0 aliphatic heterocycles. The predicted octanol–water partition coefficient (Wildman–Crippen LogP) is 2.91. The third-order valence-corrected chi connectivity index (χ3v) is 2.85. The lowest BCUT2D eigenvalue weighted by molar-refractivity contribution is 0.0993. The molecule has 0 aliphatic rings. The molecule has 0 heterocycles. The van der Waals surface area contributed by atoms with Gasteiger partial charge < -0.3 is 11.1 Å². The fourth-order valence-electron chi connectivity index (χ4n) is 1.87. The minimum absolute atomic E-state index is 0.0327. The second kappa shape index (κ2) is 6.25. The topological polar surface area (TPSA) is 55.1 Å². The molecule has 0 unspecified atom stereocenters. The van der Waals surface area contributed by atoms with Gasteiger partial charge in [0.2, 0.25) is 0 Å². The quantitative estimate of drug-likeness (QED) is 0.671. The van der Waals surface area contributed by atoms with Crippen LogP contribution in [0, 0.1) is 5.82 Å². The van der Waals surface area contributed by atoms with Gasteiger partial charge in [-0.15, -0.1) is 0 Å². The largest absolute Gasteiger partial charge is 0.376 e. The van der Waals surface area contributed by atoms with Gasteiger partial charge in [0, 0.05) is 12.0 Å². The number of thiocarbonyl (C=S) groups is 1. The van der Waals surface area contributed by atoms with E-state index in [2.05, 4.69) is 5.32 Å². The fraction of sp³-hybridized carbons (Fsp3) is 0.0667. The molecule has 0 saturated carbocycles. The summed E-state index contributed by atoms with van der Waals surface area (Å²) in [5.41, 5.74) is 6.92. The zero-order valence-corrected chi connectivity index (χ0v) is 11.4. The van der Waals surface area contributed by atoms with Gasteiger partial charge in [-0.3, -0.25) is 4.79 Å². The second-order valence-corrected chi connectivity index (χ2v) is 4.70. The molecule has 0 aromatic heterocycles. The summed E-state index contributed by atoms with van der Waals surface area (Å²) >= 11 is 4.75. The molecule has 2 rings (SSSR count). The SMILES string of the molecule is NC(=S)Nc1ccc(F)cc1C(=O)Cc1ccccc1. The summed E-state index contributed by atoms with van der Waals surface area (Å²) in [7, 11) is 0. The fourth-order valence-corrected chi connectivity index (χ4v) is 1.98. The van der Waals surface area contributed by atoms with E-state index >= 15 is 0 Å². The monoisotopic (exact) mass is 288 g/mol. The molecule has 20 heavy (non-hydrogen) atoms. The van der Waals surface area contributed by atoms with Crippen LogP contribution in [0.5, 0.6) is 0 Å². The number of hydrogen-bond acceptors (Lipinski definition) is 2. The zero-order valence-electron chi connectivity index (χ0n) is 10.6. The minimum atomic E-state index is -0.477. The maximum atomic E-state index is 13.3. The van der Waals surface area contributed by atoms with E-state index in [-0.39, 0.29) is 22.9 Å². The van der Waals surface area contributed by atoms with E-state index in [1.807, 2.05) is 30.3 Å². The predicted molar refractivity (Wildman–Crippen MR) is 81.3 cm³/mol. The number of hydrogen-bond donors (Lipinski definition) is 2. The Morgan fingerprint density at radius 1 is 1.20 bits per heavy atom. The number of carbonyl (C=O) groups excluding carboxylic acids is 1. The number of nitrogens with two attached hydrogens (primary N) is 1. The van der Waals surface area contributed by atoms with Crippen molar-refractivity contribution in [2.24, 2.45) is 5.73 Å². The molecule has 2 aromatic carbocycles. The Morgan fingerprint density at radius 2 is 1.90 bits per heavy atom. The number of benzene rings is 2. The van der Waals surface area contributed by atoms with Crippen LogP contribution < -0.4 is 11.1 Å². The number of Topliss-reactive ketones (excluding diaryl/α,β-unsaturated/α-hetero) is 1. The summed E-state index contributed by atoms with van der Waals surface area (Å²) < 4.78 is 13.3. The summed E-state index contributed by atoms with van der Waals surface area (Å²) in [6, 6.07) is 13.1. The van der Waals surface area contributed by atoms with E-state index in [9.17, 15) is 9.18 Å². The summed E-state index contributed by atoms with van der Waals surface area (Å²) in [5.74, 6) is -0.677. The molecule has 0 spiro atoms. The smallest absolute Gasteiger partial charge is 0.169 e. The van der Waals surface area contributed by atoms with Crippen molar-refractivity contribution in [1.29, 1.82) is 0 Å². The molecule has 0 amide bonds. The van der Waals surface area contributed by atoms with Crippen LogP contribution in [0.3, 0.4) is 0 Å². The Labute approximate surface area is 121 Å². The van der Waals surface area contributed by atoms with Gasteiger partial charge in [-0.05, 0) is 36.0 Å². The lowest BCUT2D eigenvalue weighted by Gasteiger charge is -2.10. The van der Waals surface area contributed by atoms with Gasteiger partial charge in [0.1, 0.15) is 5.82 Å². The third-order valence-electron chi connectivity index (χ3n) is 2.75. The highest BCUT2D eigenvalue weighted by molar-refractivity contribution is 7.80. The molecular formula is C15H13FN2OS. The molecule has 5 heteroatoms. The van der Waals surface area contributed by atoms with Crippen LogP contribution in [0.1, 0.15) is 15.9 Å². The Bertz CT molecular complexity index is 644. The Hall–Kier alpha value is -2.27. The van der Waals surface area contributed by atoms with Crippen LogP contribution in [0.25, 0.3) is 0 Å². The van der Waals surface area contributed by atoms with Crippen molar-refractivity contribution in [3.8, 4) is 0 Å². The maximum absolute atomic E-state index is 13.3. The van der Waals surface area contributed by atoms with Crippen LogP contribution in [-0.2, 0) is 6.42 Å². The first-order chi connectivity index (χ1) is 9.56. The molecular weight excluding hydrogens is 275 g/mol. The number of nitrogens with one attached hydrogen (secondary N) is 1. The van der Waals surface area contributed by atoms with Crippen molar-refractivity contribution in [2.75, 3.05) is 5.32 Å². The first-order valence-electron chi connectivity index (χ1n) is 5.99. The minimum Gasteiger partial charge on any atom is -0.376 e. The normalized spacial score (nSPS) is 10.1. The molecule has 0 fully saturated rings. The van der Waals surface area contributed by atoms with E-state index in [1.54, 1.807) is 0 Å². The molecule has 2 aromatic rings. The van der Waals surface area contributed by atoms with Gasteiger partial charge in [0.15, 0.2) is 10.9 Å². The van der Waals surface area contributed by atoms with Gasteiger partial charge in [0.05, 0.1) is 5.69 Å². The van der Waals surface area contributed by atoms with Crippen LogP contribution in [0.4, 0.5) is 10.1 Å². The average molecular weight is 288 g/mol. The molecule has 102 valence electrons. The van der Waals surface area contributed by atoms with Gasteiger partial charge in [-0.2, -0.15) is 0 Å². The number of carbonyl (C=O) groups is 1. The molecule has 3 N–H and O–H groups in total. The zero-order chi connectivity index (χ0) is 14.5. The first kappa shape index (κ1) is 14.1. The Kier molecular flexibility index (Phi) is 4.42. The summed E-state index contributed by atoms with van der Waals surface area (Å²) in [4.78, 5) is 12.3. The van der Waals surface area contributed by atoms with Gasteiger partial charge in [0.25, 0.3) is 0 Å². The Morgan fingerprint density at radius 3 is 2.55 bits per heavy atom. The lowest BCUT2D eigenvalue weighted by atomic mass is 10.0. The third kappa shape index (κ3) is 3.61. The van der Waals surface area contributed by atoms with E-state index < -0.39 is 5.82 Å². The van der Waals surface area contributed by atoms with Crippen molar-refractivity contribution in [1.82, 2.24) is 0 Å². The number of rotatable bonds is 4. The highest BCUT2D eigenvalue weighted by atomic mass is 32.1. The van der Waals surface area contributed by atoms with Crippen molar-refractivity contribution in [2.45, 2.75) is 6.42 Å². The lowest BCUT2D eigenvalue weighted by Crippen LogP contribution is -2.21. The highest BCUT2D eigenvalue weighted by Crippen LogP contribution is 2.19. The molecule has 0 radical (unpaired) electrons. The molecule has 0 saturated heterocycles. The molecule has 0 aliphatic carbocycles. The van der Waals surface area contributed by atoms with E-state index in [4.69, 9.17) is 18.0 Å². The number of ketones is 1. The average Bonchev–Trinajstić information content (AvgIpc) is 2.41. The highest BCUT2D eigenvalue weighted by Gasteiger charge is 2.13. The van der Waals surface area contributed by atoms with Crippen LogP contribution in [0.15, 0.2) is 48.5 Å². The van der Waals surface area contributed by atoms with Gasteiger partial charge in [-0.25, -0.2) is 4.39 Å². The molecule has 0 atom stereocenters. The first-order valence-corrected chi connectivity index (χ1v) is 6.40. The number of halogens is 1.